The van der Waals surface area contributed by atoms with Gasteiger partial charge < -0.3 is 9.84 Å². The normalized spacial score (nSPS) is 16.6. The van der Waals surface area contributed by atoms with E-state index in [0.29, 0.717) is 5.56 Å². The third-order valence-corrected chi connectivity index (χ3v) is 3.43. The van der Waals surface area contributed by atoms with Crippen molar-refractivity contribution in [2.45, 2.75) is 19.4 Å². The minimum Gasteiger partial charge on any atom is -0.490 e. The molecule has 0 saturated carbocycles. The van der Waals surface area contributed by atoms with Crippen molar-refractivity contribution in [3.05, 3.63) is 53.3 Å². The second-order valence-corrected chi connectivity index (χ2v) is 4.95. The van der Waals surface area contributed by atoms with E-state index in [2.05, 4.69) is 0 Å². The number of carboxylic acids is 1. The molecule has 0 amide bonds. The maximum absolute atomic E-state index is 13.7. The van der Waals surface area contributed by atoms with Gasteiger partial charge in [-0.15, -0.1) is 0 Å². The fraction of sp³-hybridized carbons (Fsp3) is 0.188. The van der Waals surface area contributed by atoms with Crippen LogP contribution in [0.1, 0.15) is 22.8 Å². The van der Waals surface area contributed by atoms with Crippen LogP contribution in [0.4, 0.5) is 4.39 Å². The van der Waals surface area contributed by atoms with Gasteiger partial charge in [-0.2, -0.15) is 0 Å². The van der Waals surface area contributed by atoms with Gasteiger partial charge in [-0.25, -0.2) is 9.18 Å². The van der Waals surface area contributed by atoms with Crippen molar-refractivity contribution in [3.8, 4) is 16.9 Å². The van der Waals surface area contributed by atoms with Crippen LogP contribution in [0.2, 0.25) is 0 Å². The van der Waals surface area contributed by atoms with Crippen LogP contribution in [0.5, 0.6) is 5.75 Å². The SMILES string of the molecule is CC1Cc2cc(-c3ccc(C(=O)O)c(F)c3)ccc2O1. The summed E-state index contributed by atoms with van der Waals surface area (Å²) in [5.41, 5.74) is 2.30. The fourth-order valence-electron chi connectivity index (χ4n) is 2.47. The first-order chi connectivity index (χ1) is 9.54. The molecule has 0 aliphatic carbocycles. The maximum Gasteiger partial charge on any atom is 0.338 e. The molecule has 1 aliphatic heterocycles. The minimum absolute atomic E-state index is 0.159. The highest BCUT2D eigenvalue weighted by atomic mass is 19.1. The van der Waals surface area contributed by atoms with Crippen LogP contribution in [0.3, 0.4) is 0 Å². The van der Waals surface area contributed by atoms with Crippen LogP contribution in [0.15, 0.2) is 36.4 Å². The Hall–Kier alpha value is -2.36. The van der Waals surface area contributed by atoms with Crippen molar-refractivity contribution in [2.75, 3.05) is 0 Å². The highest BCUT2D eigenvalue weighted by molar-refractivity contribution is 5.88. The first-order valence-electron chi connectivity index (χ1n) is 6.37. The molecule has 0 aromatic heterocycles. The number of carbonyl (C=O) groups is 1. The van der Waals surface area contributed by atoms with E-state index in [1.54, 1.807) is 6.07 Å². The average molecular weight is 272 g/mol. The summed E-state index contributed by atoms with van der Waals surface area (Å²) in [4.78, 5) is 10.8. The van der Waals surface area contributed by atoms with Gasteiger partial charge >= 0.3 is 5.97 Å². The summed E-state index contributed by atoms with van der Waals surface area (Å²) in [5.74, 6) is -1.12. The molecule has 20 heavy (non-hydrogen) atoms. The molecule has 1 unspecified atom stereocenters. The van der Waals surface area contributed by atoms with Crippen LogP contribution in [0.25, 0.3) is 11.1 Å². The first kappa shape index (κ1) is 12.7. The monoisotopic (exact) mass is 272 g/mol. The van der Waals surface area contributed by atoms with Gasteiger partial charge in [0.15, 0.2) is 0 Å². The average Bonchev–Trinajstić information content (AvgIpc) is 2.77. The van der Waals surface area contributed by atoms with E-state index in [0.717, 1.165) is 23.3 Å². The number of hydrogen-bond acceptors (Lipinski definition) is 2. The Morgan fingerprint density at radius 1 is 1.25 bits per heavy atom. The summed E-state index contributed by atoms with van der Waals surface area (Å²) >= 11 is 0. The van der Waals surface area contributed by atoms with E-state index in [9.17, 15) is 9.18 Å². The number of benzene rings is 2. The van der Waals surface area contributed by atoms with Gasteiger partial charge in [-0.3, -0.25) is 0 Å². The highest BCUT2D eigenvalue weighted by Gasteiger charge is 2.19. The van der Waals surface area contributed by atoms with Crippen molar-refractivity contribution in [1.29, 1.82) is 0 Å². The number of ether oxygens (including phenoxy) is 1. The van der Waals surface area contributed by atoms with E-state index in [1.807, 2.05) is 25.1 Å². The minimum atomic E-state index is -1.26. The zero-order valence-corrected chi connectivity index (χ0v) is 10.9. The lowest BCUT2D eigenvalue weighted by atomic mass is 10.00. The molecular formula is C16H13FO3. The second-order valence-electron chi connectivity index (χ2n) is 4.95. The third kappa shape index (κ3) is 2.13. The smallest absolute Gasteiger partial charge is 0.338 e. The summed E-state index contributed by atoms with van der Waals surface area (Å²) in [6, 6.07) is 9.86. The molecule has 1 aliphatic rings. The lowest BCUT2D eigenvalue weighted by Gasteiger charge is -2.06. The summed E-state index contributed by atoms with van der Waals surface area (Å²) in [7, 11) is 0. The Balaban J connectivity index is 2.00. The number of fused-ring (bicyclic) bond motifs is 1. The Morgan fingerprint density at radius 2 is 1.95 bits per heavy atom. The van der Waals surface area contributed by atoms with Crippen LogP contribution < -0.4 is 4.74 Å². The molecule has 1 N–H and O–H groups in total. The Bertz CT molecular complexity index is 694. The van der Waals surface area contributed by atoms with Gasteiger partial charge in [0.05, 0.1) is 5.56 Å². The predicted molar refractivity (Wildman–Crippen MR) is 72.6 cm³/mol. The maximum atomic E-state index is 13.7. The molecule has 0 saturated heterocycles. The Morgan fingerprint density at radius 3 is 2.65 bits per heavy atom. The standard InChI is InChI=1S/C16H13FO3/c1-9-6-12-7-10(3-5-15(12)20-9)11-2-4-13(16(18)19)14(17)8-11/h2-5,7-9H,6H2,1H3,(H,18,19). The van der Waals surface area contributed by atoms with Crippen molar-refractivity contribution >= 4 is 5.97 Å². The predicted octanol–water partition coefficient (Wildman–Crippen LogP) is 3.51. The molecule has 3 nitrogen and oxygen atoms in total. The number of carboxylic acid groups (broad SMARTS) is 1. The largest absolute Gasteiger partial charge is 0.490 e. The quantitative estimate of drug-likeness (QED) is 0.910. The van der Waals surface area contributed by atoms with Crippen molar-refractivity contribution in [1.82, 2.24) is 0 Å². The summed E-state index contributed by atoms with van der Waals surface area (Å²) in [6.45, 7) is 2.00. The zero-order valence-electron chi connectivity index (χ0n) is 10.9. The summed E-state index contributed by atoms with van der Waals surface area (Å²) in [5, 5.41) is 8.83. The second kappa shape index (κ2) is 4.63. The third-order valence-electron chi connectivity index (χ3n) is 3.43. The number of rotatable bonds is 2. The van der Waals surface area contributed by atoms with Gasteiger partial charge in [0.25, 0.3) is 0 Å². The molecule has 0 radical (unpaired) electrons. The van der Waals surface area contributed by atoms with Crippen LogP contribution >= 0.6 is 0 Å². The molecular weight excluding hydrogens is 259 g/mol. The highest BCUT2D eigenvalue weighted by Crippen LogP contribution is 2.33. The first-order valence-corrected chi connectivity index (χ1v) is 6.37. The lowest BCUT2D eigenvalue weighted by Crippen LogP contribution is -2.05. The number of hydrogen-bond donors (Lipinski definition) is 1. The number of halogens is 1. The zero-order chi connectivity index (χ0) is 14.3. The van der Waals surface area contributed by atoms with Gasteiger partial charge in [0.1, 0.15) is 17.7 Å². The number of aromatic carboxylic acids is 1. The fourth-order valence-corrected chi connectivity index (χ4v) is 2.47. The van der Waals surface area contributed by atoms with E-state index in [1.165, 1.54) is 12.1 Å². The van der Waals surface area contributed by atoms with E-state index in [4.69, 9.17) is 9.84 Å². The lowest BCUT2D eigenvalue weighted by molar-refractivity contribution is 0.0692. The van der Waals surface area contributed by atoms with Gasteiger partial charge in [-0.05, 0) is 47.9 Å². The molecule has 0 fully saturated rings. The molecule has 1 atom stereocenters. The Labute approximate surface area is 115 Å². The van der Waals surface area contributed by atoms with Crippen LogP contribution in [-0.2, 0) is 6.42 Å². The molecule has 2 aromatic rings. The van der Waals surface area contributed by atoms with E-state index >= 15 is 0 Å². The van der Waals surface area contributed by atoms with E-state index < -0.39 is 11.8 Å². The Kier molecular flexibility index (Phi) is 2.93. The molecule has 2 aromatic carbocycles. The van der Waals surface area contributed by atoms with Gasteiger partial charge in [0, 0.05) is 6.42 Å². The molecule has 0 spiro atoms. The molecule has 102 valence electrons. The van der Waals surface area contributed by atoms with Gasteiger partial charge in [0.2, 0.25) is 0 Å². The molecule has 4 heteroatoms. The van der Waals surface area contributed by atoms with Crippen molar-refractivity contribution < 1.29 is 19.0 Å². The summed E-state index contributed by atoms with van der Waals surface area (Å²) < 4.78 is 19.3. The molecule has 1 heterocycles. The van der Waals surface area contributed by atoms with E-state index in [-0.39, 0.29) is 11.7 Å². The molecule has 3 rings (SSSR count). The topological polar surface area (TPSA) is 46.5 Å². The van der Waals surface area contributed by atoms with Gasteiger partial charge in [-0.1, -0.05) is 12.1 Å². The van der Waals surface area contributed by atoms with Crippen LogP contribution in [0, 0.1) is 5.82 Å². The van der Waals surface area contributed by atoms with Crippen molar-refractivity contribution in [3.63, 3.8) is 0 Å². The van der Waals surface area contributed by atoms with Crippen LogP contribution in [-0.4, -0.2) is 17.2 Å². The van der Waals surface area contributed by atoms with Crippen molar-refractivity contribution in [2.24, 2.45) is 0 Å². The molecule has 0 bridgehead atoms. The summed E-state index contributed by atoms with van der Waals surface area (Å²) in [6.07, 6.45) is 0.991.